The summed E-state index contributed by atoms with van der Waals surface area (Å²) < 4.78 is 52.8. The second-order valence-electron chi connectivity index (χ2n) is 6.13. The van der Waals surface area contributed by atoms with Crippen LogP contribution in [0.2, 0.25) is 0 Å². The molecule has 140 valence electrons. The Balaban J connectivity index is 1.74. The zero-order valence-corrected chi connectivity index (χ0v) is 14.1. The molecule has 1 fully saturated rings. The van der Waals surface area contributed by atoms with Gasteiger partial charge in [0.2, 0.25) is 0 Å². The highest BCUT2D eigenvalue weighted by Gasteiger charge is 2.37. The van der Waals surface area contributed by atoms with Gasteiger partial charge in [0.05, 0.1) is 22.8 Å². The quantitative estimate of drug-likeness (QED) is 0.751. The van der Waals surface area contributed by atoms with Gasteiger partial charge in [-0.15, -0.1) is 0 Å². The molecule has 2 aromatic rings. The first-order chi connectivity index (χ1) is 12.8. The number of halogens is 4. The molecule has 0 unspecified atom stereocenters. The number of nitriles is 1. The van der Waals surface area contributed by atoms with E-state index in [9.17, 15) is 22.4 Å². The van der Waals surface area contributed by atoms with Crippen LogP contribution in [-0.4, -0.2) is 37.0 Å². The highest BCUT2D eigenvalue weighted by atomic mass is 19.4. The van der Waals surface area contributed by atoms with Crippen molar-refractivity contribution in [1.82, 2.24) is 4.90 Å². The number of benzene rings is 2. The minimum Gasteiger partial charge on any atom is -0.368 e. The van der Waals surface area contributed by atoms with Crippen LogP contribution in [0.25, 0.3) is 0 Å². The summed E-state index contributed by atoms with van der Waals surface area (Å²) in [5, 5.41) is 8.83. The number of nitrogens with zero attached hydrogens (tertiary/aromatic N) is 3. The molecule has 0 N–H and O–H groups in total. The average molecular weight is 377 g/mol. The first-order valence-corrected chi connectivity index (χ1v) is 8.21. The molecule has 0 atom stereocenters. The van der Waals surface area contributed by atoms with Gasteiger partial charge >= 0.3 is 6.18 Å². The largest absolute Gasteiger partial charge is 0.417 e. The SMILES string of the molecule is N#Cc1ccc(N2CCN(C(=O)c3cc(F)ccc3C(F)(F)F)CC2)cc1. The first-order valence-electron chi connectivity index (χ1n) is 8.21. The van der Waals surface area contributed by atoms with Gasteiger partial charge in [-0.1, -0.05) is 0 Å². The molecule has 0 saturated carbocycles. The van der Waals surface area contributed by atoms with E-state index in [2.05, 4.69) is 0 Å². The number of carbonyl (C=O) groups is 1. The molecule has 0 bridgehead atoms. The van der Waals surface area contributed by atoms with Gasteiger partial charge in [0.25, 0.3) is 5.91 Å². The van der Waals surface area contributed by atoms with Crippen molar-refractivity contribution in [2.75, 3.05) is 31.1 Å². The van der Waals surface area contributed by atoms with Crippen LogP contribution in [0.15, 0.2) is 42.5 Å². The van der Waals surface area contributed by atoms with Crippen LogP contribution in [0.4, 0.5) is 23.2 Å². The lowest BCUT2D eigenvalue weighted by Crippen LogP contribution is -2.49. The summed E-state index contributed by atoms with van der Waals surface area (Å²) in [7, 11) is 0. The molecule has 0 radical (unpaired) electrons. The number of alkyl halides is 3. The van der Waals surface area contributed by atoms with E-state index < -0.39 is 29.0 Å². The van der Waals surface area contributed by atoms with E-state index in [4.69, 9.17) is 5.26 Å². The van der Waals surface area contributed by atoms with E-state index in [1.54, 1.807) is 24.3 Å². The zero-order valence-electron chi connectivity index (χ0n) is 14.1. The fraction of sp³-hybridized carbons (Fsp3) is 0.263. The lowest BCUT2D eigenvalue weighted by molar-refractivity contribution is -0.138. The number of rotatable bonds is 2. The van der Waals surface area contributed by atoms with Crippen molar-refractivity contribution >= 4 is 11.6 Å². The summed E-state index contributed by atoms with van der Waals surface area (Å²) in [6.45, 7) is 1.28. The molecule has 8 heteroatoms. The van der Waals surface area contributed by atoms with Crippen LogP contribution in [0.3, 0.4) is 0 Å². The third-order valence-corrected chi connectivity index (χ3v) is 4.45. The van der Waals surface area contributed by atoms with Crippen molar-refractivity contribution in [3.8, 4) is 6.07 Å². The van der Waals surface area contributed by atoms with Crippen LogP contribution in [0.1, 0.15) is 21.5 Å². The number of amides is 1. The summed E-state index contributed by atoms with van der Waals surface area (Å²) in [6, 6.07) is 10.9. The molecule has 1 saturated heterocycles. The van der Waals surface area contributed by atoms with Crippen molar-refractivity contribution in [3.05, 3.63) is 65.0 Å². The predicted molar refractivity (Wildman–Crippen MR) is 90.7 cm³/mol. The average Bonchev–Trinajstić information content (AvgIpc) is 2.66. The molecule has 0 aromatic heterocycles. The molecular formula is C19H15F4N3O. The van der Waals surface area contributed by atoms with Crippen LogP contribution in [0.5, 0.6) is 0 Å². The minimum atomic E-state index is -4.73. The first kappa shape index (κ1) is 18.7. The molecule has 1 aliphatic heterocycles. The van der Waals surface area contributed by atoms with Crippen molar-refractivity contribution in [3.63, 3.8) is 0 Å². The summed E-state index contributed by atoms with van der Waals surface area (Å²) in [6.07, 6.45) is -4.73. The Morgan fingerprint density at radius 3 is 2.19 bits per heavy atom. The van der Waals surface area contributed by atoms with Crippen molar-refractivity contribution in [2.45, 2.75) is 6.18 Å². The van der Waals surface area contributed by atoms with Gasteiger partial charge in [-0.3, -0.25) is 4.79 Å². The molecule has 27 heavy (non-hydrogen) atoms. The number of anilines is 1. The van der Waals surface area contributed by atoms with Crippen molar-refractivity contribution < 1.29 is 22.4 Å². The van der Waals surface area contributed by atoms with Gasteiger partial charge in [-0.25, -0.2) is 4.39 Å². The Kier molecular flexibility index (Phi) is 5.04. The molecule has 3 rings (SSSR count). The zero-order chi connectivity index (χ0) is 19.6. The van der Waals surface area contributed by atoms with Gasteiger partial charge < -0.3 is 9.80 Å². The van der Waals surface area contributed by atoms with Gasteiger partial charge in [0.15, 0.2) is 0 Å². The number of hydrogen-bond acceptors (Lipinski definition) is 3. The van der Waals surface area contributed by atoms with E-state index in [0.29, 0.717) is 36.9 Å². The molecule has 0 spiro atoms. The fourth-order valence-corrected chi connectivity index (χ4v) is 3.03. The van der Waals surface area contributed by atoms with Gasteiger partial charge in [0, 0.05) is 31.9 Å². The Labute approximate surface area is 153 Å². The Morgan fingerprint density at radius 1 is 1.00 bits per heavy atom. The molecule has 1 aliphatic rings. The maximum Gasteiger partial charge on any atom is 0.417 e. The monoisotopic (exact) mass is 377 g/mol. The van der Waals surface area contributed by atoms with Crippen LogP contribution in [0, 0.1) is 17.1 Å². The Morgan fingerprint density at radius 2 is 1.63 bits per heavy atom. The van der Waals surface area contributed by atoms with E-state index in [0.717, 1.165) is 5.69 Å². The molecule has 0 aliphatic carbocycles. The number of carbonyl (C=O) groups excluding carboxylic acids is 1. The van der Waals surface area contributed by atoms with E-state index in [1.807, 2.05) is 11.0 Å². The standard InChI is InChI=1S/C19H15F4N3O/c20-14-3-6-17(19(21,22)23)16(11-14)18(27)26-9-7-25(8-10-26)15-4-1-13(12-24)2-5-15/h1-6,11H,7-10H2. The molecule has 1 amide bonds. The maximum absolute atomic E-state index is 13.4. The lowest BCUT2D eigenvalue weighted by atomic mass is 10.0. The Hall–Kier alpha value is -3.08. The normalized spacial score (nSPS) is 14.8. The predicted octanol–water partition coefficient (Wildman–Crippen LogP) is 3.68. The van der Waals surface area contributed by atoms with Gasteiger partial charge in [0.1, 0.15) is 5.82 Å². The van der Waals surface area contributed by atoms with Gasteiger partial charge in [-0.2, -0.15) is 18.4 Å². The van der Waals surface area contributed by atoms with E-state index >= 15 is 0 Å². The van der Waals surface area contributed by atoms with Crippen molar-refractivity contribution in [1.29, 1.82) is 5.26 Å². The van der Waals surface area contributed by atoms with Crippen LogP contribution < -0.4 is 4.90 Å². The Bertz CT molecular complexity index is 879. The molecule has 1 heterocycles. The molecule has 4 nitrogen and oxygen atoms in total. The summed E-state index contributed by atoms with van der Waals surface area (Å²) >= 11 is 0. The minimum absolute atomic E-state index is 0.215. The number of piperazine rings is 1. The summed E-state index contributed by atoms with van der Waals surface area (Å²) in [5.74, 6) is -1.72. The number of hydrogen-bond donors (Lipinski definition) is 0. The van der Waals surface area contributed by atoms with E-state index in [-0.39, 0.29) is 13.1 Å². The van der Waals surface area contributed by atoms with Crippen LogP contribution >= 0.6 is 0 Å². The lowest BCUT2D eigenvalue weighted by Gasteiger charge is -2.36. The maximum atomic E-state index is 13.4. The topological polar surface area (TPSA) is 47.3 Å². The van der Waals surface area contributed by atoms with E-state index in [1.165, 1.54) is 4.90 Å². The second-order valence-corrected chi connectivity index (χ2v) is 6.13. The van der Waals surface area contributed by atoms with Crippen molar-refractivity contribution in [2.24, 2.45) is 0 Å². The second kappa shape index (κ2) is 7.27. The molecular weight excluding hydrogens is 362 g/mol. The third-order valence-electron chi connectivity index (χ3n) is 4.45. The summed E-state index contributed by atoms with van der Waals surface area (Å²) in [5.41, 5.74) is -0.418. The smallest absolute Gasteiger partial charge is 0.368 e. The van der Waals surface area contributed by atoms with Gasteiger partial charge in [-0.05, 0) is 42.5 Å². The van der Waals surface area contributed by atoms with Crippen LogP contribution in [-0.2, 0) is 6.18 Å². The fourth-order valence-electron chi connectivity index (χ4n) is 3.03. The summed E-state index contributed by atoms with van der Waals surface area (Å²) in [4.78, 5) is 15.8. The molecule has 2 aromatic carbocycles. The third kappa shape index (κ3) is 4.03. The highest BCUT2D eigenvalue weighted by molar-refractivity contribution is 5.96. The highest BCUT2D eigenvalue weighted by Crippen LogP contribution is 2.33.